The molecule has 0 saturated heterocycles. The largest absolute Gasteiger partial charge is 0.544 e. The zero-order valence-corrected chi connectivity index (χ0v) is 17.9. The molecule has 0 amide bonds. The lowest BCUT2D eigenvalue weighted by atomic mass is 10.1. The number of benzene rings is 1. The van der Waals surface area contributed by atoms with Crippen molar-refractivity contribution in [2.45, 2.75) is 52.6 Å². The summed E-state index contributed by atoms with van der Waals surface area (Å²) in [4.78, 5) is 11.0. The summed E-state index contributed by atoms with van der Waals surface area (Å²) in [6, 6.07) is 6.39. The van der Waals surface area contributed by atoms with Crippen molar-refractivity contribution in [1.29, 1.82) is 0 Å². The Morgan fingerprint density at radius 2 is 1.79 bits per heavy atom. The van der Waals surface area contributed by atoms with Gasteiger partial charge in [0.25, 0.3) is 0 Å². The van der Waals surface area contributed by atoms with Gasteiger partial charge in [-0.05, 0) is 49.6 Å². The highest BCUT2D eigenvalue weighted by atomic mass is 28.4. The van der Waals surface area contributed by atoms with Gasteiger partial charge in [0.2, 0.25) is 8.32 Å². The lowest BCUT2D eigenvalue weighted by molar-refractivity contribution is -0.140. The van der Waals surface area contributed by atoms with E-state index in [2.05, 4.69) is 67.9 Å². The fourth-order valence-corrected chi connectivity index (χ4v) is 5.05. The normalized spacial score (nSPS) is 12.5. The highest BCUT2D eigenvalue weighted by molar-refractivity contribution is 6.75. The smallest absolute Gasteiger partial charge is 0.302 e. The standard InChI is InChI=1S/C18H29NO3Si2/c1-14(20)21-11-10-15-13-19(23(2,3)4)18-9-8-16(12-17(15)18)22-24(5,6)7/h8-9,12-13H,10-11H2,1-7H3. The maximum atomic E-state index is 11.0. The van der Waals surface area contributed by atoms with E-state index in [9.17, 15) is 4.79 Å². The first-order valence-corrected chi connectivity index (χ1v) is 15.3. The Morgan fingerprint density at radius 1 is 1.12 bits per heavy atom. The number of rotatable bonds is 6. The number of esters is 1. The number of ether oxygens (including phenoxy) is 1. The molecule has 132 valence electrons. The molecule has 0 aliphatic heterocycles. The fraction of sp³-hybridized carbons (Fsp3) is 0.500. The van der Waals surface area contributed by atoms with Gasteiger partial charge < -0.3 is 13.4 Å². The summed E-state index contributed by atoms with van der Waals surface area (Å²) in [5, 5.41) is 1.21. The number of carbonyl (C=O) groups excluding carboxylic acids is 1. The van der Waals surface area contributed by atoms with Gasteiger partial charge in [0, 0.05) is 24.2 Å². The molecule has 0 unspecified atom stereocenters. The molecule has 2 rings (SSSR count). The van der Waals surface area contributed by atoms with Crippen LogP contribution < -0.4 is 4.43 Å². The molecule has 0 atom stereocenters. The number of aromatic nitrogens is 1. The molecule has 0 fully saturated rings. The van der Waals surface area contributed by atoms with E-state index in [0.717, 1.165) is 12.2 Å². The molecule has 0 radical (unpaired) electrons. The van der Waals surface area contributed by atoms with Crippen LogP contribution in [0.5, 0.6) is 5.75 Å². The summed E-state index contributed by atoms with van der Waals surface area (Å²) in [6.45, 7) is 15.4. The fourth-order valence-electron chi connectivity index (χ4n) is 2.75. The van der Waals surface area contributed by atoms with Crippen LogP contribution in [0.15, 0.2) is 24.4 Å². The molecule has 1 aromatic carbocycles. The molecule has 0 spiro atoms. The van der Waals surface area contributed by atoms with E-state index in [4.69, 9.17) is 9.16 Å². The van der Waals surface area contributed by atoms with Crippen molar-refractivity contribution in [3.05, 3.63) is 30.0 Å². The molecule has 1 aromatic heterocycles. The Kier molecular flexibility index (Phi) is 5.29. The molecule has 2 aromatic rings. The van der Waals surface area contributed by atoms with E-state index in [0.29, 0.717) is 6.61 Å². The van der Waals surface area contributed by atoms with Gasteiger partial charge in [-0.2, -0.15) is 0 Å². The first kappa shape index (κ1) is 18.8. The Balaban J connectivity index is 2.45. The van der Waals surface area contributed by atoms with E-state index >= 15 is 0 Å². The number of carbonyl (C=O) groups is 1. The molecule has 0 bridgehead atoms. The topological polar surface area (TPSA) is 40.5 Å². The zero-order chi connectivity index (χ0) is 18.1. The Morgan fingerprint density at radius 3 is 2.33 bits per heavy atom. The average molecular weight is 364 g/mol. The van der Waals surface area contributed by atoms with E-state index in [1.807, 2.05) is 0 Å². The second-order valence-electron chi connectivity index (χ2n) is 8.18. The minimum atomic E-state index is -1.64. The summed E-state index contributed by atoms with van der Waals surface area (Å²) < 4.78 is 13.7. The third kappa shape index (κ3) is 4.73. The van der Waals surface area contributed by atoms with Crippen molar-refractivity contribution in [2.75, 3.05) is 6.61 Å². The summed E-state index contributed by atoms with van der Waals surface area (Å²) >= 11 is 0. The molecule has 0 N–H and O–H groups in total. The van der Waals surface area contributed by atoms with Crippen molar-refractivity contribution in [3.63, 3.8) is 0 Å². The SMILES string of the molecule is CC(=O)OCCc1cn([Si](C)(C)C)c2ccc(O[Si](C)(C)C)cc12. The highest BCUT2D eigenvalue weighted by Crippen LogP contribution is 2.30. The van der Waals surface area contributed by atoms with E-state index < -0.39 is 16.6 Å². The van der Waals surface area contributed by atoms with Crippen LogP contribution >= 0.6 is 0 Å². The second-order valence-corrected chi connectivity index (χ2v) is 17.4. The maximum absolute atomic E-state index is 11.0. The molecular formula is C18H29NO3Si2. The van der Waals surface area contributed by atoms with E-state index in [1.54, 1.807) is 0 Å². The van der Waals surface area contributed by atoms with Gasteiger partial charge in [-0.3, -0.25) is 4.79 Å². The molecule has 0 aliphatic carbocycles. The average Bonchev–Trinajstić information content (AvgIpc) is 2.75. The molecule has 0 saturated carbocycles. The van der Waals surface area contributed by atoms with Gasteiger partial charge in [-0.1, -0.05) is 19.6 Å². The first-order valence-electron chi connectivity index (χ1n) is 8.44. The highest BCUT2D eigenvalue weighted by Gasteiger charge is 2.22. The van der Waals surface area contributed by atoms with Crippen molar-refractivity contribution in [3.8, 4) is 5.75 Å². The molecule has 24 heavy (non-hydrogen) atoms. The van der Waals surface area contributed by atoms with Crippen molar-refractivity contribution in [1.82, 2.24) is 4.23 Å². The van der Waals surface area contributed by atoms with Gasteiger partial charge in [0.15, 0.2) is 8.24 Å². The minimum absolute atomic E-state index is 0.230. The minimum Gasteiger partial charge on any atom is -0.544 e. The third-order valence-corrected chi connectivity index (χ3v) is 6.35. The molecule has 1 heterocycles. The zero-order valence-electron chi connectivity index (χ0n) is 15.9. The van der Waals surface area contributed by atoms with Crippen LogP contribution in [0.4, 0.5) is 0 Å². The second kappa shape index (κ2) is 6.76. The predicted molar refractivity (Wildman–Crippen MR) is 105 cm³/mol. The van der Waals surface area contributed by atoms with Gasteiger partial charge >= 0.3 is 5.97 Å². The molecule has 0 aliphatic rings. The van der Waals surface area contributed by atoms with Crippen LogP contribution in [-0.2, 0) is 16.0 Å². The van der Waals surface area contributed by atoms with Crippen LogP contribution in [0.25, 0.3) is 10.9 Å². The van der Waals surface area contributed by atoms with Crippen LogP contribution in [0, 0.1) is 0 Å². The van der Waals surface area contributed by atoms with Gasteiger partial charge in [-0.25, -0.2) is 0 Å². The van der Waals surface area contributed by atoms with E-state index in [-0.39, 0.29) is 5.97 Å². The number of hydrogen-bond donors (Lipinski definition) is 0. The number of nitrogens with zero attached hydrogens (tertiary/aromatic N) is 1. The van der Waals surface area contributed by atoms with Gasteiger partial charge in [-0.15, -0.1) is 0 Å². The Hall–Kier alpha value is -1.54. The summed E-state index contributed by atoms with van der Waals surface area (Å²) in [6.07, 6.45) is 2.96. The summed E-state index contributed by atoms with van der Waals surface area (Å²) in [7, 11) is -3.17. The quantitative estimate of drug-likeness (QED) is 0.554. The number of fused-ring (bicyclic) bond motifs is 1. The van der Waals surface area contributed by atoms with Crippen LogP contribution in [0.3, 0.4) is 0 Å². The van der Waals surface area contributed by atoms with Crippen molar-refractivity contribution in [2.24, 2.45) is 0 Å². The summed E-state index contributed by atoms with van der Waals surface area (Å²) in [5.41, 5.74) is 2.46. The lowest BCUT2D eigenvalue weighted by Gasteiger charge is -2.21. The monoisotopic (exact) mass is 363 g/mol. The summed E-state index contributed by atoms with van der Waals surface area (Å²) in [5.74, 6) is 0.704. The Bertz CT molecular complexity index is 739. The van der Waals surface area contributed by atoms with Crippen molar-refractivity contribution >= 4 is 33.4 Å². The molecule has 6 heteroatoms. The van der Waals surface area contributed by atoms with E-state index in [1.165, 1.54) is 23.4 Å². The maximum Gasteiger partial charge on any atom is 0.302 e. The lowest BCUT2D eigenvalue weighted by Crippen LogP contribution is -2.31. The number of hydrogen-bond acceptors (Lipinski definition) is 3. The van der Waals surface area contributed by atoms with Gasteiger partial charge in [0.05, 0.1) is 6.61 Å². The predicted octanol–water partition coefficient (Wildman–Crippen LogP) is 4.64. The van der Waals surface area contributed by atoms with Gasteiger partial charge in [0.1, 0.15) is 5.75 Å². The van der Waals surface area contributed by atoms with Crippen LogP contribution in [-0.4, -0.2) is 33.4 Å². The van der Waals surface area contributed by atoms with Crippen LogP contribution in [0.2, 0.25) is 39.3 Å². The Labute approximate surface area is 147 Å². The van der Waals surface area contributed by atoms with Crippen molar-refractivity contribution < 1.29 is 14.0 Å². The first-order chi connectivity index (χ1) is 11.0. The third-order valence-electron chi connectivity index (χ3n) is 3.68. The molecule has 4 nitrogen and oxygen atoms in total. The molecular weight excluding hydrogens is 334 g/mol. The van der Waals surface area contributed by atoms with Crippen LogP contribution in [0.1, 0.15) is 12.5 Å².